The Morgan fingerprint density at radius 2 is 2.04 bits per heavy atom. The molecule has 0 fully saturated rings. The summed E-state index contributed by atoms with van der Waals surface area (Å²) in [7, 11) is 0. The quantitative estimate of drug-likeness (QED) is 0.311. The van der Waals surface area contributed by atoms with Gasteiger partial charge in [0.25, 0.3) is 0 Å². The van der Waals surface area contributed by atoms with Gasteiger partial charge in [0.1, 0.15) is 0 Å². The van der Waals surface area contributed by atoms with E-state index in [1.807, 2.05) is 31.2 Å². The predicted octanol–water partition coefficient (Wildman–Crippen LogP) is 4.70. The second-order valence-corrected chi connectivity index (χ2v) is 5.74. The Kier molecular flexibility index (Phi) is 7.36. The zero-order chi connectivity index (χ0) is 16.1. The molecule has 6 heteroatoms. The molecule has 0 aliphatic carbocycles. The third kappa shape index (κ3) is 5.75. The number of hydrogen-bond donors (Lipinski definition) is 1. The molecule has 23 heavy (non-hydrogen) atoms. The molecule has 0 spiro atoms. The summed E-state index contributed by atoms with van der Waals surface area (Å²) >= 11 is 1.63. The van der Waals surface area contributed by atoms with E-state index in [2.05, 4.69) is 17.1 Å². The van der Waals surface area contributed by atoms with Gasteiger partial charge in [-0.2, -0.15) is 11.3 Å². The van der Waals surface area contributed by atoms with Crippen LogP contribution >= 0.6 is 11.3 Å². The number of carbonyl (C=O) groups excluding carboxylic acids is 1. The topological polar surface area (TPSA) is 63.3 Å². The number of aliphatic hydroxyl groups excluding tert-OH is 1. The van der Waals surface area contributed by atoms with Crippen molar-refractivity contribution in [3.8, 4) is 10.8 Å². The first-order valence-corrected chi connectivity index (χ1v) is 7.49. The molecule has 1 aromatic carbocycles. The van der Waals surface area contributed by atoms with Crippen LogP contribution in [0.25, 0.3) is 21.0 Å². The van der Waals surface area contributed by atoms with E-state index >= 15 is 0 Å². The third-order valence-corrected chi connectivity index (χ3v) is 3.61. The van der Waals surface area contributed by atoms with Crippen LogP contribution in [-0.2, 0) is 24.9 Å². The molecule has 2 heterocycles. The monoisotopic (exact) mass is 507 g/mol. The maximum atomic E-state index is 10.0. The fourth-order valence-electron chi connectivity index (χ4n) is 1.76. The SMILES string of the molecule is CC(=O)/C=C(/C)O.Cc1c[c-]c(-c2nc3ccccc3s2)o1.[Ir]. The summed E-state index contributed by atoms with van der Waals surface area (Å²) < 4.78 is 6.67. The first kappa shape index (κ1) is 19.3. The molecule has 3 rings (SSSR count). The van der Waals surface area contributed by atoms with Gasteiger partial charge < -0.3 is 9.52 Å². The normalized spacial score (nSPS) is 10.7. The summed E-state index contributed by atoms with van der Waals surface area (Å²) in [5.41, 5.74) is 1.01. The molecule has 1 N–H and O–H groups in total. The summed E-state index contributed by atoms with van der Waals surface area (Å²) in [6.07, 6.45) is 1.17. The average Bonchev–Trinajstić information content (AvgIpc) is 3.03. The maximum absolute atomic E-state index is 10.0. The number of thiazole rings is 1. The van der Waals surface area contributed by atoms with Crippen molar-refractivity contribution in [3.05, 3.63) is 54.0 Å². The second kappa shape index (κ2) is 8.77. The minimum absolute atomic E-state index is 0. The summed E-state index contributed by atoms with van der Waals surface area (Å²) in [6.45, 7) is 4.76. The zero-order valence-electron chi connectivity index (χ0n) is 12.9. The molecule has 0 unspecified atom stereocenters. The Labute approximate surface area is 152 Å². The van der Waals surface area contributed by atoms with Crippen molar-refractivity contribution in [2.45, 2.75) is 20.8 Å². The molecule has 123 valence electrons. The van der Waals surface area contributed by atoms with Crippen molar-refractivity contribution in [1.29, 1.82) is 0 Å². The average molecular weight is 507 g/mol. The van der Waals surface area contributed by atoms with Crippen LogP contribution in [0.5, 0.6) is 0 Å². The molecule has 0 bridgehead atoms. The molecule has 0 aliphatic rings. The summed E-state index contributed by atoms with van der Waals surface area (Å²) in [5, 5.41) is 9.26. The summed E-state index contributed by atoms with van der Waals surface area (Å²) in [5.74, 6) is 1.53. The van der Waals surface area contributed by atoms with E-state index < -0.39 is 0 Å². The van der Waals surface area contributed by atoms with Crippen molar-refractivity contribution in [1.82, 2.24) is 4.98 Å². The van der Waals surface area contributed by atoms with Crippen molar-refractivity contribution < 1.29 is 34.4 Å². The molecular weight excluding hydrogens is 490 g/mol. The van der Waals surface area contributed by atoms with E-state index in [1.54, 1.807) is 11.3 Å². The second-order valence-electron chi connectivity index (χ2n) is 4.71. The number of benzene rings is 1. The Hall–Kier alpha value is -1.75. The van der Waals surface area contributed by atoms with Gasteiger partial charge in [-0.15, -0.1) is 12.1 Å². The van der Waals surface area contributed by atoms with Crippen LogP contribution in [0.15, 0.2) is 46.6 Å². The number of carbonyl (C=O) groups is 1. The molecule has 0 saturated heterocycles. The minimum atomic E-state index is -0.125. The number of furan rings is 1. The fraction of sp³-hybridized carbons (Fsp3) is 0.176. The molecular formula is C17H16IrNO3S-. The number of fused-ring (bicyclic) bond motifs is 1. The van der Waals surface area contributed by atoms with Gasteiger partial charge in [0.15, 0.2) is 5.78 Å². The van der Waals surface area contributed by atoms with E-state index in [4.69, 9.17) is 9.52 Å². The molecule has 2 aromatic heterocycles. The van der Waals surface area contributed by atoms with Gasteiger partial charge >= 0.3 is 0 Å². The first-order chi connectivity index (χ1) is 10.5. The van der Waals surface area contributed by atoms with Gasteiger partial charge in [0.2, 0.25) is 0 Å². The Morgan fingerprint density at radius 3 is 2.52 bits per heavy atom. The minimum Gasteiger partial charge on any atom is -0.542 e. The number of ketones is 1. The summed E-state index contributed by atoms with van der Waals surface area (Å²) in [4.78, 5) is 14.5. The van der Waals surface area contributed by atoms with Crippen molar-refractivity contribution >= 4 is 27.3 Å². The number of allylic oxidation sites excluding steroid dienone is 2. The molecule has 0 saturated carbocycles. The number of hydrogen-bond acceptors (Lipinski definition) is 5. The molecule has 3 aromatic rings. The number of nitrogens with zero attached hydrogens (tertiary/aromatic N) is 1. The number of rotatable bonds is 2. The number of para-hydroxylation sites is 1. The van der Waals surface area contributed by atoms with E-state index in [0.717, 1.165) is 22.0 Å². The van der Waals surface area contributed by atoms with Crippen LogP contribution in [0, 0.1) is 13.0 Å². The Morgan fingerprint density at radius 1 is 1.35 bits per heavy atom. The molecule has 0 amide bonds. The van der Waals surface area contributed by atoms with Gasteiger partial charge in [0.05, 0.1) is 16.3 Å². The summed E-state index contributed by atoms with van der Waals surface area (Å²) in [6, 6.07) is 13.0. The van der Waals surface area contributed by atoms with Gasteiger partial charge in [-0.1, -0.05) is 19.1 Å². The van der Waals surface area contributed by atoms with Crippen molar-refractivity contribution in [2.75, 3.05) is 0 Å². The van der Waals surface area contributed by atoms with Crippen LogP contribution in [0.1, 0.15) is 19.6 Å². The predicted molar refractivity (Wildman–Crippen MR) is 88.0 cm³/mol. The van der Waals surface area contributed by atoms with Crippen LogP contribution in [0.3, 0.4) is 0 Å². The van der Waals surface area contributed by atoms with Crippen LogP contribution in [-0.4, -0.2) is 15.9 Å². The molecule has 0 atom stereocenters. The van der Waals surface area contributed by atoms with Crippen molar-refractivity contribution in [2.24, 2.45) is 0 Å². The molecule has 1 radical (unpaired) electrons. The van der Waals surface area contributed by atoms with Gasteiger partial charge in [-0.3, -0.25) is 9.78 Å². The van der Waals surface area contributed by atoms with E-state index in [-0.39, 0.29) is 31.6 Å². The number of aromatic nitrogens is 1. The van der Waals surface area contributed by atoms with Gasteiger partial charge in [-0.25, -0.2) is 0 Å². The van der Waals surface area contributed by atoms with E-state index in [0.29, 0.717) is 0 Å². The maximum Gasteiger partial charge on any atom is 0.155 e. The molecule has 0 aliphatic heterocycles. The largest absolute Gasteiger partial charge is 0.542 e. The third-order valence-electron chi connectivity index (χ3n) is 2.57. The standard InChI is InChI=1S/C12H8NOS.C5H8O2.Ir/c1-8-6-7-10(14-8)12-13-9-4-2-3-5-11(9)15-12;1-4(6)3-5(2)7;/h2-6H,1H3;3,6H,1-2H3;/q-1;;/b;4-3-;. The van der Waals surface area contributed by atoms with E-state index in [9.17, 15) is 4.79 Å². The smallest absolute Gasteiger partial charge is 0.155 e. The first-order valence-electron chi connectivity index (χ1n) is 6.67. The van der Waals surface area contributed by atoms with Crippen LogP contribution in [0.2, 0.25) is 0 Å². The zero-order valence-corrected chi connectivity index (χ0v) is 16.1. The number of aryl methyl sites for hydroxylation is 1. The van der Waals surface area contributed by atoms with Crippen molar-refractivity contribution in [3.63, 3.8) is 0 Å². The van der Waals surface area contributed by atoms with Gasteiger partial charge in [0, 0.05) is 36.6 Å². The molecule has 4 nitrogen and oxygen atoms in total. The number of aliphatic hydroxyl groups is 1. The Balaban J connectivity index is 0.000000287. The Bertz CT molecular complexity index is 783. The van der Waals surface area contributed by atoms with Crippen LogP contribution in [0.4, 0.5) is 0 Å². The van der Waals surface area contributed by atoms with E-state index in [1.165, 1.54) is 24.6 Å². The fourth-order valence-corrected chi connectivity index (χ4v) is 2.67. The van der Waals surface area contributed by atoms with Crippen LogP contribution < -0.4 is 0 Å². The van der Waals surface area contributed by atoms with Gasteiger partial charge in [-0.05, 0) is 31.7 Å².